The van der Waals surface area contributed by atoms with Gasteiger partial charge in [0.2, 0.25) is 0 Å². The first kappa shape index (κ1) is 20.5. The summed E-state index contributed by atoms with van der Waals surface area (Å²) < 4.78 is 0. The molecule has 0 saturated carbocycles. The average molecular weight is 413 g/mol. The third kappa shape index (κ3) is 4.10. The van der Waals surface area contributed by atoms with Crippen LogP contribution in [0.5, 0.6) is 0 Å². The zero-order valence-electron chi connectivity index (χ0n) is 17.9. The van der Waals surface area contributed by atoms with E-state index in [9.17, 15) is 0 Å². The molecule has 2 aromatic carbocycles. The molecule has 31 heavy (non-hydrogen) atoms. The molecule has 6 heteroatoms. The van der Waals surface area contributed by atoms with Crippen LogP contribution in [0.15, 0.2) is 66.6 Å². The van der Waals surface area contributed by atoms with E-state index in [-0.39, 0.29) is 6.04 Å². The first-order valence-electron chi connectivity index (χ1n) is 10.5. The van der Waals surface area contributed by atoms with Gasteiger partial charge in [-0.25, -0.2) is 0 Å². The number of fused-ring (bicyclic) bond motifs is 2. The van der Waals surface area contributed by atoms with E-state index >= 15 is 0 Å². The van der Waals surface area contributed by atoms with Gasteiger partial charge in [-0.2, -0.15) is 0 Å². The van der Waals surface area contributed by atoms with E-state index in [0.29, 0.717) is 0 Å². The number of hydrogen-bond donors (Lipinski definition) is 5. The molecule has 1 atom stereocenters. The fraction of sp³-hybridized carbons (Fsp3) is 0.200. The van der Waals surface area contributed by atoms with Crippen LogP contribution in [0.2, 0.25) is 0 Å². The Kier molecular flexibility index (Phi) is 5.89. The van der Waals surface area contributed by atoms with Gasteiger partial charge in [0, 0.05) is 54.4 Å². The molecule has 1 unspecified atom stereocenters. The van der Waals surface area contributed by atoms with E-state index in [4.69, 9.17) is 11.1 Å². The number of nitrogens with two attached hydrogens (primary N) is 1. The fourth-order valence-electron chi connectivity index (χ4n) is 4.12. The Balaban J connectivity index is 1.84. The molecular weight excluding hydrogens is 384 g/mol. The summed E-state index contributed by atoms with van der Waals surface area (Å²) in [6, 6.07) is 16.6. The lowest BCUT2D eigenvalue weighted by molar-refractivity contribution is 0.683. The van der Waals surface area contributed by atoms with Crippen LogP contribution in [0.4, 0.5) is 5.69 Å². The summed E-state index contributed by atoms with van der Waals surface area (Å²) in [6.07, 6.45) is 5.92. The van der Waals surface area contributed by atoms with Crippen LogP contribution >= 0.6 is 0 Å². The van der Waals surface area contributed by atoms with Crippen molar-refractivity contribution in [3.63, 3.8) is 0 Å². The maximum atomic E-state index is 7.81. The van der Waals surface area contributed by atoms with Crippen molar-refractivity contribution in [2.45, 2.75) is 19.4 Å². The normalized spacial score (nSPS) is 17.9. The summed E-state index contributed by atoms with van der Waals surface area (Å²) in [7, 11) is 1.84. The van der Waals surface area contributed by atoms with Crippen molar-refractivity contribution in [1.82, 2.24) is 15.6 Å². The van der Waals surface area contributed by atoms with Crippen LogP contribution in [0, 0.1) is 5.41 Å². The van der Waals surface area contributed by atoms with Crippen LogP contribution in [0.3, 0.4) is 0 Å². The zero-order chi connectivity index (χ0) is 21.8. The second-order valence-electron chi connectivity index (χ2n) is 7.69. The van der Waals surface area contributed by atoms with Gasteiger partial charge in [0.15, 0.2) is 0 Å². The quantitative estimate of drug-likeness (QED) is 0.404. The highest BCUT2D eigenvalue weighted by Gasteiger charge is 2.23. The summed E-state index contributed by atoms with van der Waals surface area (Å²) in [4.78, 5) is 4.60. The van der Waals surface area contributed by atoms with E-state index < -0.39 is 0 Å². The van der Waals surface area contributed by atoms with Gasteiger partial charge >= 0.3 is 0 Å². The Morgan fingerprint density at radius 3 is 2.84 bits per heavy atom. The number of aromatic nitrogens is 1. The molecule has 0 bridgehead atoms. The number of anilines is 1. The third-order valence-electron chi connectivity index (χ3n) is 5.58. The molecule has 1 aliphatic rings. The molecule has 1 aliphatic heterocycles. The number of hydrogen-bond acceptors (Lipinski definition) is 6. The van der Waals surface area contributed by atoms with Gasteiger partial charge < -0.3 is 27.1 Å². The number of para-hydroxylation sites is 1. The molecule has 2 heterocycles. The minimum absolute atomic E-state index is 0.0634. The van der Waals surface area contributed by atoms with E-state index in [1.54, 1.807) is 0 Å². The highest BCUT2D eigenvalue weighted by Crippen LogP contribution is 2.35. The Morgan fingerprint density at radius 2 is 2.06 bits per heavy atom. The van der Waals surface area contributed by atoms with Crippen LogP contribution < -0.4 is 21.7 Å². The summed E-state index contributed by atoms with van der Waals surface area (Å²) in [5.74, 6) is 0. The Bertz CT molecular complexity index is 1170. The SMILES string of the molecule is CN/C=C(\C=N)c1ccc2c(c1)C(Nc1cccc3cccnc13)CCN/C2=C(/C)N. The topological polar surface area (TPSA) is 98.8 Å². The van der Waals surface area contributed by atoms with Crippen LogP contribution in [0.25, 0.3) is 22.2 Å². The Morgan fingerprint density at radius 1 is 1.23 bits per heavy atom. The Labute approximate surface area is 182 Å². The lowest BCUT2D eigenvalue weighted by Gasteiger charge is -2.22. The highest BCUT2D eigenvalue weighted by atomic mass is 15.0. The number of pyridine rings is 1. The first-order chi connectivity index (χ1) is 15.1. The van der Waals surface area contributed by atoms with E-state index in [0.717, 1.165) is 63.2 Å². The third-order valence-corrected chi connectivity index (χ3v) is 5.58. The van der Waals surface area contributed by atoms with Crippen molar-refractivity contribution in [1.29, 1.82) is 5.41 Å². The van der Waals surface area contributed by atoms with Crippen molar-refractivity contribution < 1.29 is 0 Å². The molecular formula is C25H28N6. The van der Waals surface area contributed by atoms with Crippen molar-refractivity contribution >= 4 is 34.1 Å². The predicted molar refractivity (Wildman–Crippen MR) is 130 cm³/mol. The lowest BCUT2D eigenvalue weighted by Crippen LogP contribution is -2.17. The maximum Gasteiger partial charge on any atom is 0.0933 e. The number of rotatable bonds is 5. The largest absolute Gasteiger partial charge is 0.401 e. The van der Waals surface area contributed by atoms with Gasteiger partial charge in [-0.05, 0) is 42.7 Å². The smallest absolute Gasteiger partial charge is 0.0933 e. The molecule has 6 N–H and O–H groups in total. The van der Waals surface area contributed by atoms with Gasteiger partial charge in [-0.3, -0.25) is 4.98 Å². The lowest BCUT2D eigenvalue weighted by atomic mass is 9.92. The molecule has 158 valence electrons. The summed E-state index contributed by atoms with van der Waals surface area (Å²) in [5.41, 5.74) is 14.0. The predicted octanol–water partition coefficient (Wildman–Crippen LogP) is 4.24. The monoisotopic (exact) mass is 412 g/mol. The van der Waals surface area contributed by atoms with Gasteiger partial charge in [-0.15, -0.1) is 0 Å². The van der Waals surface area contributed by atoms with E-state index in [2.05, 4.69) is 57.3 Å². The van der Waals surface area contributed by atoms with E-state index in [1.807, 2.05) is 38.5 Å². The molecule has 0 saturated heterocycles. The number of nitrogens with one attached hydrogen (secondary N) is 4. The summed E-state index contributed by atoms with van der Waals surface area (Å²) in [5, 5.41) is 19.2. The van der Waals surface area contributed by atoms with Crippen molar-refractivity contribution in [3.05, 3.63) is 83.3 Å². The highest BCUT2D eigenvalue weighted by molar-refractivity contribution is 6.08. The van der Waals surface area contributed by atoms with Gasteiger partial charge in [0.1, 0.15) is 0 Å². The van der Waals surface area contributed by atoms with Crippen LogP contribution in [-0.4, -0.2) is 24.8 Å². The van der Waals surface area contributed by atoms with Crippen molar-refractivity contribution in [3.8, 4) is 0 Å². The van der Waals surface area contributed by atoms with Crippen molar-refractivity contribution in [2.24, 2.45) is 5.73 Å². The molecule has 0 amide bonds. The van der Waals surface area contributed by atoms with Crippen LogP contribution in [0.1, 0.15) is 36.1 Å². The fourth-order valence-corrected chi connectivity index (χ4v) is 4.12. The standard InChI is InChI=1S/C25H28N6/c1-16(27)24-20-9-8-18(19(14-26)15-28-2)13-21(20)22(10-12-30-24)31-23-7-3-5-17-6-4-11-29-25(17)23/h3-9,11,13-15,22,26,28,30-31H,10,12,27H2,1-2H3/b19-15+,24-16-,26-14?. The Hall–Kier alpha value is -3.80. The molecule has 1 aromatic heterocycles. The first-order valence-corrected chi connectivity index (χ1v) is 10.5. The second kappa shape index (κ2) is 8.92. The summed E-state index contributed by atoms with van der Waals surface area (Å²) >= 11 is 0. The molecule has 3 aromatic rings. The number of nitrogens with zero attached hydrogens (tertiary/aromatic N) is 1. The molecule has 4 rings (SSSR count). The maximum absolute atomic E-state index is 7.81. The van der Waals surface area contributed by atoms with E-state index in [1.165, 1.54) is 6.21 Å². The molecule has 0 spiro atoms. The average Bonchev–Trinajstić information content (AvgIpc) is 2.97. The second-order valence-corrected chi connectivity index (χ2v) is 7.69. The zero-order valence-corrected chi connectivity index (χ0v) is 17.9. The number of benzene rings is 2. The number of allylic oxidation sites excluding steroid dienone is 2. The molecule has 0 fully saturated rings. The molecule has 6 nitrogen and oxygen atoms in total. The molecule has 0 radical (unpaired) electrons. The minimum Gasteiger partial charge on any atom is -0.401 e. The minimum atomic E-state index is 0.0634. The van der Waals surface area contributed by atoms with Gasteiger partial charge in [0.05, 0.1) is 22.9 Å². The summed E-state index contributed by atoms with van der Waals surface area (Å²) in [6.45, 7) is 2.72. The van der Waals surface area contributed by atoms with Crippen molar-refractivity contribution in [2.75, 3.05) is 18.9 Å². The van der Waals surface area contributed by atoms with Gasteiger partial charge in [0.25, 0.3) is 0 Å². The molecule has 0 aliphatic carbocycles. The van der Waals surface area contributed by atoms with Crippen LogP contribution in [-0.2, 0) is 0 Å². The van der Waals surface area contributed by atoms with Gasteiger partial charge in [-0.1, -0.05) is 30.3 Å².